The minimum absolute atomic E-state index is 0.109. The lowest BCUT2D eigenvalue weighted by Gasteiger charge is -2.20. The van der Waals surface area contributed by atoms with Crippen molar-refractivity contribution < 1.29 is 9.32 Å². The molecular formula is C15H13Cl3N6O2. The molecule has 0 aliphatic carbocycles. The standard InChI is InChI=1S/C15H13Cl3N6O2/c1-3-24(9-5-4-6-19-7-9)13(25)10-8-20-12(23(10)2)11-21-14(26-22-11)15(16,17)18/h4-8H,3H2,1-2H3. The van der Waals surface area contributed by atoms with E-state index in [-0.39, 0.29) is 17.6 Å². The Bertz CT molecular complexity index is 919. The average molecular weight is 416 g/mol. The summed E-state index contributed by atoms with van der Waals surface area (Å²) in [5.41, 5.74) is 1.02. The van der Waals surface area contributed by atoms with Crippen LogP contribution in [0.15, 0.2) is 35.2 Å². The van der Waals surface area contributed by atoms with Crippen molar-refractivity contribution in [3.8, 4) is 11.6 Å². The number of imidazole rings is 1. The Hall–Kier alpha value is -2.16. The van der Waals surface area contributed by atoms with E-state index in [9.17, 15) is 4.79 Å². The molecule has 0 radical (unpaired) electrons. The number of aromatic nitrogens is 5. The maximum absolute atomic E-state index is 12.9. The Kier molecular flexibility index (Phi) is 5.17. The summed E-state index contributed by atoms with van der Waals surface area (Å²) in [6.45, 7) is 2.33. The summed E-state index contributed by atoms with van der Waals surface area (Å²) in [5.74, 6) is -0.0112. The number of amides is 1. The lowest BCUT2D eigenvalue weighted by atomic mass is 10.3. The summed E-state index contributed by atoms with van der Waals surface area (Å²) in [7, 11) is 1.66. The highest BCUT2D eigenvalue weighted by Gasteiger charge is 2.32. The summed E-state index contributed by atoms with van der Waals surface area (Å²) in [6.07, 6.45) is 4.69. The molecule has 0 saturated heterocycles. The number of anilines is 1. The molecule has 0 saturated carbocycles. The van der Waals surface area contributed by atoms with E-state index in [0.717, 1.165) is 0 Å². The first-order chi connectivity index (χ1) is 12.3. The van der Waals surface area contributed by atoms with Crippen LogP contribution in [0.25, 0.3) is 11.6 Å². The molecule has 26 heavy (non-hydrogen) atoms. The quantitative estimate of drug-likeness (QED) is 0.607. The van der Waals surface area contributed by atoms with Gasteiger partial charge in [-0.15, -0.1) is 0 Å². The maximum Gasteiger partial charge on any atom is 0.279 e. The molecule has 0 spiro atoms. The first-order valence-corrected chi connectivity index (χ1v) is 8.61. The molecule has 0 atom stereocenters. The third kappa shape index (κ3) is 3.53. The molecule has 8 nitrogen and oxygen atoms in total. The van der Waals surface area contributed by atoms with Gasteiger partial charge in [0.15, 0.2) is 5.82 Å². The SMILES string of the molecule is CCN(C(=O)c1cnc(-c2noc(C(Cl)(Cl)Cl)n2)n1C)c1cccnc1. The Morgan fingerprint density at radius 3 is 2.69 bits per heavy atom. The first-order valence-electron chi connectivity index (χ1n) is 7.47. The first kappa shape index (κ1) is 18.6. The van der Waals surface area contributed by atoms with Gasteiger partial charge >= 0.3 is 0 Å². The number of rotatable bonds is 4. The molecule has 136 valence electrons. The van der Waals surface area contributed by atoms with E-state index >= 15 is 0 Å². The van der Waals surface area contributed by atoms with Crippen LogP contribution < -0.4 is 4.90 Å². The zero-order valence-corrected chi connectivity index (χ0v) is 16.0. The van der Waals surface area contributed by atoms with Crippen molar-refractivity contribution in [2.75, 3.05) is 11.4 Å². The third-order valence-corrected chi connectivity index (χ3v) is 4.08. The second-order valence-electron chi connectivity index (χ2n) is 5.21. The maximum atomic E-state index is 12.9. The van der Waals surface area contributed by atoms with Crippen LogP contribution in [0, 0.1) is 0 Å². The van der Waals surface area contributed by atoms with Crippen LogP contribution in [0.1, 0.15) is 23.3 Å². The summed E-state index contributed by atoms with van der Waals surface area (Å²) in [5, 5.41) is 3.75. The van der Waals surface area contributed by atoms with E-state index in [2.05, 4.69) is 20.1 Å². The van der Waals surface area contributed by atoms with Gasteiger partial charge in [-0.3, -0.25) is 9.78 Å². The van der Waals surface area contributed by atoms with Crippen LogP contribution in [-0.2, 0) is 10.8 Å². The molecule has 3 rings (SSSR count). The van der Waals surface area contributed by atoms with Gasteiger partial charge < -0.3 is 14.0 Å². The molecular weight excluding hydrogens is 403 g/mol. The molecule has 0 bridgehead atoms. The molecule has 1 amide bonds. The minimum Gasteiger partial charge on any atom is -0.334 e. The van der Waals surface area contributed by atoms with Crippen molar-refractivity contribution in [1.82, 2.24) is 24.7 Å². The molecule has 3 heterocycles. The van der Waals surface area contributed by atoms with Gasteiger partial charge in [-0.2, -0.15) is 4.98 Å². The predicted octanol–water partition coefficient (Wildman–Crippen LogP) is 3.36. The Labute approximate surface area is 163 Å². The molecule has 11 heteroatoms. The lowest BCUT2D eigenvalue weighted by Crippen LogP contribution is -2.32. The fraction of sp³-hybridized carbons (Fsp3) is 0.267. The summed E-state index contributed by atoms with van der Waals surface area (Å²) in [4.78, 5) is 26.8. The van der Waals surface area contributed by atoms with Crippen LogP contribution in [0.4, 0.5) is 5.69 Å². The number of hydrogen-bond donors (Lipinski definition) is 0. The van der Waals surface area contributed by atoms with E-state index in [1.807, 2.05) is 6.92 Å². The zero-order chi connectivity index (χ0) is 18.9. The van der Waals surface area contributed by atoms with E-state index in [1.54, 1.807) is 41.0 Å². The van der Waals surface area contributed by atoms with Crippen molar-refractivity contribution in [3.63, 3.8) is 0 Å². The monoisotopic (exact) mass is 414 g/mol. The lowest BCUT2D eigenvalue weighted by molar-refractivity contribution is 0.0980. The van der Waals surface area contributed by atoms with Crippen LogP contribution in [0.5, 0.6) is 0 Å². The second kappa shape index (κ2) is 7.22. The number of carbonyl (C=O) groups is 1. The predicted molar refractivity (Wildman–Crippen MR) is 97.3 cm³/mol. The number of nitrogens with zero attached hydrogens (tertiary/aromatic N) is 6. The van der Waals surface area contributed by atoms with Crippen molar-refractivity contribution in [2.45, 2.75) is 10.7 Å². The van der Waals surface area contributed by atoms with Gasteiger partial charge in [0.25, 0.3) is 15.6 Å². The number of hydrogen-bond acceptors (Lipinski definition) is 6. The topological polar surface area (TPSA) is 89.9 Å². The van der Waals surface area contributed by atoms with Gasteiger partial charge in [-0.25, -0.2) is 4.98 Å². The van der Waals surface area contributed by atoms with Crippen molar-refractivity contribution in [3.05, 3.63) is 42.3 Å². The average Bonchev–Trinajstić information content (AvgIpc) is 3.22. The van der Waals surface area contributed by atoms with Gasteiger partial charge in [-0.05, 0) is 19.1 Å². The van der Waals surface area contributed by atoms with Crippen LogP contribution in [0.2, 0.25) is 0 Å². The summed E-state index contributed by atoms with van der Waals surface area (Å²) in [6, 6.07) is 3.57. The van der Waals surface area contributed by atoms with Crippen LogP contribution in [-0.4, -0.2) is 37.1 Å². The Balaban J connectivity index is 1.93. The number of alkyl halides is 3. The zero-order valence-electron chi connectivity index (χ0n) is 13.7. The largest absolute Gasteiger partial charge is 0.334 e. The van der Waals surface area contributed by atoms with E-state index < -0.39 is 3.79 Å². The Morgan fingerprint density at radius 2 is 2.12 bits per heavy atom. The fourth-order valence-corrected chi connectivity index (χ4v) is 2.57. The van der Waals surface area contributed by atoms with E-state index in [4.69, 9.17) is 39.3 Å². The van der Waals surface area contributed by atoms with Gasteiger partial charge in [0.2, 0.25) is 5.82 Å². The Morgan fingerprint density at radius 1 is 1.35 bits per heavy atom. The number of halogens is 3. The normalized spacial score (nSPS) is 11.6. The number of carbonyl (C=O) groups excluding carboxylic acids is 1. The molecule has 3 aromatic heterocycles. The van der Waals surface area contributed by atoms with Gasteiger partial charge in [0.05, 0.1) is 18.1 Å². The third-order valence-electron chi connectivity index (χ3n) is 3.59. The molecule has 0 N–H and O–H groups in total. The highest BCUT2D eigenvalue weighted by atomic mass is 35.6. The van der Waals surface area contributed by atoms with E-state index in [0.29, 0.717) is 23.8 Å². The van der Waals surface area contributed by atoms with Gasteiger partial charge in [0.1, 0.15) is 5.69 Å². The summed E-state index contributed by atoms with van der Waals surface area (Å²) >= 11 is 17.2. The number of pyridine rings is 1. The highest BCUT2D eigenvalue weighted by molar-refractivity contribution is 6.66. The van der Waals surface area contributed by atoms with Crippen LogP contribution in [0.3, 0.4) is 0 Å². The van der Waals surface area contributed by atoms with Crippen molar-refractivity contribution in [2.24, 2.45) is 7.05 Å². The fourth-order valence-electron chi connectivity index (χ4n) is 2.34. The summed E-state index contributed by atoms with van der Waals surface area (Å²) < 4.78 is 4.64. The van der Waals surface area contributed by atoms with Gasteiger partial charge in [-0.1, -0.05) is 40.0 Å². The van der Waals surface area contributed by atoms with Gasteiger partial charge in [0, 0.05) is 19.8 Å². The molecule has 3 aromatic rings. The molecule has 0 aliphatic heterocycles. The van der Waals surface area contributed by atoms with Crippen molar-refractivity contribution in [1.29, 1.82) is 0 Å². The van der Waals surface area contributed by atoms with Crippen LogP contribution >= 0.6 is 34.8 Å². The molecule has 0 unspecified atom stereocenters. The molecule has 0 aromatic carbocycles. The van der Waals surface area contributed by atoms with E-state index in [1.165, 1.54) is 6.20 Å². The molecule has 0 aliphatic rings. The smallest absolute Gasteiger partial charge is 0.279 e. The molecule has 0 fully saturated rings. The highest BCUT2D eigenvalue weighted by Crippen LogP contribution is 2.37. The second-order valence-corrected chi connectivity index (χ2v) is 7.49. The van der Waals surface area contributed by atoms with Crippen molar-refractivity contribution >= 4 is 46.4 Å². The minimum atomic E-state index is -1.84.